The maximum atomic E-state index is 6.05. The predicted molar refractivity (Wildman–Crippen MR) is 55.2 cm³/mol. The molecule has 2 nitrogen and oxygen atoms in total. The van der Waals surface area contributed by atoms with E-state index in [1.807, 2.05) is 0 Å². The van der Waals surface area contributed by atoms with E-state index in [-0.39, 0.29) is 11.5 Å². The molecule has 0 saturated carbocycles. The molecule has 0 aliphatic rings. The molecule has 1 unspecified atom stereocenters. The van der Waals surface area contributed by atoms with E-state index in [2.05, 4.69) is 46.6 Å². The SMILES string of the molecule is CC(C)N(C)CC(N)C(C)(C)C. The monoisotopic (exact) mass is 172 g/mol. The summed E-state index contributed by atoms with van der Waals surface area (Å²) in [6.07, 6.45) is 0. The molecule has 0 radical (unpaired) electrons. The summed E-state index contributed by atoms with van der Waals surface area (Å²) in [5.41, 5.74) is 6.26. The number of nitrogens with two attached hydrogens (primary N) is 1. The lowest BCUT2D eigenvalue weighted by Crippen LogP contribution is -2.45. The summed E-state index contributed by atoms with van der Waals surface area (Å²) >= 11 is 0. The van der Waals surface area contributed by atoms with E-state index >= 15 is 0 Å². The van der Waals surface area contributed by atoms with Gasteiger partial charge in [-0.25, -0.2) is 0 Å². The van der Waals surface area contributed by atoms with Gasteiger partial charge in [0.1, 0.15) is 0 Å². The zero-order chi connectivity index (χ0) is 9.94. The third-order valence-electron chi connectivity index (χ3n) is 2.48. The number of likely N-dealkylation sites (N-methyl/N-ethyl adjacent to an activating group) is 1. The average Bonchev–Trinajstić information content (AvgIpc) is 1.85. The molecule has 0 rings (SSSR count). The van der Waals surface area contributed by atoms with Gasteiger partial charge >= 0.3 is 0 Å². The second-order valence-corrected chi connectivity index (χ2v) is 5.01. The maximum Gasteiger partial charge on any atom is 0.0217 e. The van der Waals surface area contributed by atoms with Crippen molar-refractivity contribution in [3.63, 3.8) is 0 Å². The van der Waals surface area contributed by atoms with Gasteiger partial charge in [0.05, 0.1) is 0 Å². The van der Waals surface area contributed by atoms with Gasteiger partial charge in [-0.15, -0.1) is 0 Å². The standard InChI is InChI=1S/C10H24N2/c1-8(2)12(6)7-9(11)10(3,4)5/h8-9H,7,11H2,1-6H3. The second kappa shape index (κ2) is 4.24. The van der Waals surface area contributed by atoms with Crippen molar-refractivity contribution in [2.24, 2.45) is 11.1 Å². The van der Waals surface area contributed by atoms with Gasteiger partial charge in [-0.3, -0.25) is 0 Å². The van der Waals surface area contributed by atoms with Crippen LogP contribution in [0.4, 0.5) is 0 Å². The fourth-order valence-electron chi connectivity index (χ4n) is 0.795. The van der Waals surface area contributed by atoms with Crippen molar-refractivity contribution in [3.8, 4) is 0 Å². The van der Waals surface area contributed by atoms with Gasteiger partial charge < -0.3 is 10.6 Å². The minimum atomic E-state index is 0.211. The second-order valence-electron chi connectivity index (χ2n) is 5.01. The van der Waals surface area contributed by atoms with Gasteiger partial charge in [0.15, 0.2) is 0 Å². The van der Waals surface area contributed by atoms with Crippen molar-refractivity contribution < 1.29 is 0 Å². The van der Waals surface area contributed by atoms with Crippen LogP contribution in [0, 0.1) is 5.41 Å². The summed E-state index contributed by atoms with van der Waals surface area (Å²) in [5, 5.41) is 0. The smallest absolute Gasteiger partial charge is 0.0217 e. The topological polar surface area (TPSA) is 29.3 Å². The average molecular weight is 172 g/mol. The quantitative estimate of drug-likeness (QED) is 0.702. The van der Waals surface area contributed by atoms with Crippen molar-refractivity contribution >= 4 is 0 Å². The van der Waals surface area contributed by atoms with Crippen LogP contribution in [0.25, 0.3) is 0 Å². The van der Waals surface area contributed by atoms with Crippen LogP contribution in [0.2, 0.25) is 0 Å². The third-order valence-corrected chi connectivity index (χ3v) is 2.48. The molecule has 0 bridgehead atoms. The van der Waals surface area contributed by atoms with E-state index in [9.17, 15) is 0 Å². The Kier molecular flexibility index (Phi) is 4.21. The van der Waals surface area contributed by atoms with Gasteiger partial charge in [0.25, 0.3) is 0 Å². The highest BCUT2D eigenvalue weighted by molar-refractivity contribution is 4.80. The normalized spacial score (nSPS) is 15.8. The largest absolute Gasteiger partial charge is 0.326 e. The molecule has 0 fully saturated rings. The molecular formula is C10H24N2. The number of hydrogen-bond donors (Lipinski definition) is 1. The molecule has 12 heavy (non-hydrogen) atoms. The fourth-order valence-corrected chi connectivity index (χ4v) is 0.795. The molecule has 0 aliphatic carbocycles. The van der Waals surface area contributed by atoms with Gasteiger partial charge in [-0.2, -0.15) is 0 Å². The van der Waals surface area contributed by atoms with E-state index < -0.39 is 0 Å². The van der Waals surface area contributed by atoms with Crippen molar-refractivity contribution in [1.29, 1.82) is 0 Å². The molecule has 0 spiro atoms. The Hall–Kier alpha value is -0.0800. The highest BCUT2D eigenvalue weighted by Crippen LogP contribution is 2.18. The summed E-state index contributed by atoms with van der Waals surface area (Å²) in [4.78, 5) is 2.29. The molecule has 1 atom stereocenters. The Bertz CT molecular complexity index is 124. The van der Waals surface area contributed by atoms with Crippen LogP contribution in [0.3, 0.4) is 0 Å². The van der Waals surface area contributed by atoms with Crippen LogP contribution in [0.5, 0.6) is 0 Å². The predicted octanol–water partition coefficient (Wildman–Crippen LogP) is 1.70. The molecule has 0 saturated heterocycles. The van der Waals surface area contributed by atoms with E-state index in [0.29, 0.717) is 6.04 Å². The molecule has 74 valence electrons. The molecule has 0 aromatic heterocycles. The van der Waals surface area contributed by atoms with E-state index in [1.165, 1.54) is 0 Å². The number of hydrogen-bond acceptors (Lipinski definition) is 2. The molecule has 0 aromatic rings. The van der Waals surface area contributed by atoms with Crippen LogP contribution in [0.15, 0.2) is 0 Å². The molecular weight excluding hydrogens is 148 g/mol. The van der Waals surface area contributed by atoms with E-state index in [1.54, 1.807) is 0 Å². The summed E-state index contributed by atoms with van der Waals surface area (Å²) in [5.74, 6) is 0. The Morgan fingerprint density at radius 2 is 1.67 bits per heavy atom. The van der Waals surface area contributed by atoms with Crippen LogP contribution >= 0.6 is 0 Å². The van der Waals surface area contributed by atoms with Crippen molar-refractivity contribution in [1.82, 2.24) is 4.90 Å². The fraction of sp³-hybridized carbons (Fsp3) is 1.00. The first-order valence-corrected chi connectivity index (χ1v) is 4.71. The lowest BCUT2D eigenvalue weighted by Gasteiger charge is -2.32. The Balaban J connectivity index is 3.93. The van der Waals surface area contributed by atoms with Crippen LogP contribution in [0.1, 0.15) is 34.6 Å². The lowest BCUT2D eigenvalue weighted by atomic mass is 9.87. The van der Waals surface area contributed by atoms with Crippen LogP contribution < -0.4 is 5.73 Å². The molecule has 0 aliphatic heterocycles. The summed E-state index contributed by atoms with van der Waals surface area (Å²) in [6, 6.07) is 0.836. The van der Waals surface area contributed by atoms with Gasteiger partial charge in [-0.1, -0.05) is 20.8 Å². The maximum absolute atomic E-state index is 6.05. The number of rotatable bonds is 3. The van der Waals surface area contributed by atoms with E-state index in [0.717, 1.165) is 6.54 Å². The minimum Gasteiger partial charge on any atom is -0.326 e. The van der Waals surface area contributed by atoms with Crippen LogP contribution in [-0.4, -0.2) is 30.6 Å². The highest BCUT2D eigenvalue weighted by Gasteiger charge is 2.22. The van der Waals surface area contributed by atoms with Gasteiger partial charge in [-0.05, 0) is 26.3 Å². The van der Waals surface area contributed by atoms with E-state index in [4.69, 9.17) is 5.73 Å². The third kappa shape index (κ3) is 4.07. The first kappa shape index (κ1) is 11.9. The zero-order valence-corrected chi connectivity index (χ0v) is 9.39. The molecule has 2 N–H and O–H groups in total. The van der Waals surface area contributed by atoms with Crippen molar-refractivity contribution in [2.75, 3.05) is 13.6 Å². The first-order chi connectivity index (χ1) is 5.25. The number of nitrogens with zero attached hydrogens (tertiary/aromatic N) is 1. The van der Waals surface area contributed by atoms with Crippen LogP contribution in [-0.2, 0) is 0 Å². The molecule has 0 amide bonds. The molecule has 2 heteroatoms. The Morgan fingerprint density at radius 3 is 1.92 bits per heavy atom. The highest BCUT2D eigenvalue weighted by atomic mass is 15.1. The Labute approximate surface area is 77.1 Å². The first-order valence-electron chi connectivity index (χ1n) is 4.71. The zero-order valence-electron chi connectivity index (χ0n) is 9.39. The Morgan fingerprint density at radius 1 is 1.25 bits per heavy atom. The van der Waals surface area contributed by atoms with Crippen molar-refractivity contribution in [3.05, 3.63) is 0 Å². The minimum absolute atomic E-state index is 0.211. The molecule has 0 aromatic carbocycles. The summed E-state index contributed by atoms with van der Waals surface area (Å²) in [6.45, 7) is 11.9. The summed E-state index contributed by atoms with van der Waals surface area (Å²) in [7, 11) is 2.12. The van der Waals surface area contributed by atoms with Crippen molar-refractivity contribution in [2.45, 2.75) is 46.7 Å². The lowest BCUT2D eigenvalue weighted by molar-refractivity contribution is 0.198. The summed E-state index contributed by atoms with van der Waals surface area (Å²) < 4.78 is 0. The van der Waals surface area contributed by atoms with Gasteiger partial charge in [0.2, 0.25) is 0 Å². The van der Waals surface area contributed by atoms with Gasteiger partial charge in [0, 0.05) is 18.6 Å². The molecule has 0 heterocycles.